The molecule has 0 aromatic heterocycles. The highest BCUT2D eigenvalue weighted by atomic mass is 16.5. The first-order chi connectivity index (χ1) is 9.14. The van der Waals surface area contributed by atoms with Crippen molar-refractivity contribution in [1.29, 1.82) is 0 Å². The molecular weight excluding hydrogens is 242 g/mol. The van der Waals surface area contributed by atoms with Gasteiger partial charge in [0.2, 0.25) is 0 Å². The van der Waals surface area contributed by atoms with Gasteiger partial charge in [-0.2, -0.15) is 0 Å². The van der Waals surface area contributed by atoms with Gasteiger partial charge in [-0.1, -0.05) is 13.8 Å². The fourth-order valence-corrected chi connectivity index (χ4v) is 2.62. The summed E-state index contributed by atoms with van der Waals surface area (Å²) in [4.78, 5) is 2.21. The molecule has 1 aromatic carbocycles. The Morgan fingerprint density at radius 1 is 1.32 bits per heavy atom. The molecule has 0 fully saturated rings. The largest absolute Gasteiger partial charge is 0.508 e. The summed E-state index contributed by atoms with van der Waals surface area (Å²) in [5.74, 6) is 1.07. The Kier molecular flexibility index (Phi) is 4.20. The third-order valence-corrected chi connectivity index (χ3v) is 3.96. The summed E-state index contributed by atoms with van der Waals surface area (Å²) >= 11 is 0. The number of phenolic OH excluding ortho intramolecular Hbond substituents is 1. The molecule has 2 N–H and O–H groups in total. The second-order valence-corrected chi connectivity index (χ2v) is 5.14. The molecule has 106 valence electrons. The van der Waals surface area contributed by atoms with Crippen molar-refractivity contribution in [2.75, 3.05) is 24.6 Å². The van der Waals surface area contributed by atoms with Crippen molar-refractivity contribution in [1.82, 2.24) is 0 Å². The zero-order valence-electron chi connectivity index (χ0n) is 11.7. The molecule has 19 heavy (non-hydrogen) atoms. The van der Waals surface area contributed by atoms with E-state index in [2.05, 4.69) is 18.7 Å². The number of hydrogen-bond acceptors (Lipinski definition) is 4. The minimum Gasteiger partial charge on any atom is -0.508 e. The zero-order chi connectivity index (χ0) is 13.9. The maximum absolute atomic E-state index is 9.64. The Morgan fingerprint density at radius 2 is 2.05 bits per heavy atom. The lowest BCUT2D eigenvalue weighted by molar-refractivity contribution is 0.0569. The van der Waals surface area contributed by atoms with Gasteiger partial charge in [0.25, 0.3) is 0 Å². The quantitative estimate of drug-likeness (QED) is 0.859. The van der Waals surface area contributed by atoms with Crippen LogP contribution in [0.1, 0.15) is 33.1 Å². The third-order valence-electron chi connectivity index (χ3n) is 3.96. The highest BCUT2D eigenvalue weighted by Gasteiger charge is 2.36. The number of ether oxygens (including phenoxy) is 1. The van der Waals surface area contributed by atoms with Gasteiger partial charge in [-0.3, -0.25) is 0 Å². The molecule has 0 unspecified atom stereocenters. The molecule has 0 saturated heterocycles. The second kappa shape index (κ2) is 5.70. The van der Waals surface area contributed by atoms with Crippen LogP contribution in [0.4, 0.5) is 5.69 Å². The molecule has 0 atom stereocenters. The highest BCUT2D eigenvalue weighted by molar-refractivity contribution is 5.63. The number of phenols is 1. The smallest absolute Gasteiger partial charge is 0.143 e. The van der Waals surface area contributed by atoms with Gasteiger partial charge in [-0.05, 0) is 31.4 Å². The number of aliphatic hydroxyl groups is 1. The van der Waals surface area contributed by atoms with Crippen LogP contribution in [0, 0.1) is 0 Å². The Labute approximate surface area is 114 Å². The van der Waals surface area contributed by atoms with Crippen LogP contribution in [0.15, 0.2) is 18.2 Å². The summed E-state index contributed by atoms with van der Waals surface area (Å²) in [5.41, 5.74) is 0.755. The molecule has 4 heteroatoms. The first kappa shape index (κ1) is 14.0. The second-order valence-electron chi connectivity index (χ2n) is 5.14. The Balaban J connectivity index is 2.34. The van der Waals surface area contributed by atoms with E-state index in [0.29, 0.717) is 0 Å². The fraction of sp³-hybridized carbons (Fsp3) is 0.600. The minimum atomic E-state index is -0.167. The zero-order valence-corrected chi connectivity index (χ0v) is 11.7. The van der Waals surface area contributed by atoms with Crippen molar-refractivity contribution in [3.63, 3.8) is 0 Å². The van der Waals surface area contributed by atoms with E-state index in [1.54, 1.807) is 12.1 Å². The number of aromatic hydroxyl groups is 1. The number of nitrogens with zero attached hydrogens (tertiary/aromatic N) is 1. The Bertz CT molecular complexity index is 429. The standard InChI is InChI=1S/C15H23NO3/c1-3-15(4-2)11-16(8-5-9-17)13-10-12(18)6-7-14(13)19-15/h6-7,10,17-18H,3-5,8-9,11H2,1-2H3. The molecule has 0 aliphatic carbocycles. The molecule has 0 spiro atoms. The number of benzene rings is 1. The molecule has 1 aliphatic heterocycles. The third kappa shape index (κ3) is 2.78. The summed E-state index contributed by atoms with van der Waals surface area (Å²) in [5, 5.41) is 18.7. The summed E-state index contributed by atoms with van der Waals surface area (Å²) in [6.45, 7) is 6.03. The van der Waals surface area contributed by atoms with E-state index in [1.807, 2.05) is 6.07 Å². The van der Waals surface area contributed by atoms with Crippen molar-refractivity contribution in [3.8, 4) is 11.5 Å². The van der Waals surface area contributed by atoms with E-state index < -0.39 is 0 Å². The summed E-state index contributed by atoms with van der Waals surface area (Å²) < 4.78 is 6.17. The summed E-state index contributed by atoms with van der Waals surface area (Å²) in [6, 6.07) is 5.22. The first-order valence-electron chi connectivity index (χ1n) is 7.02. The lowest BCUT2D eigenvalue weighted by Gasteiger charge is -2.44. The molecule has 0 saturated carbocycles. The van der Waals surface area contributed by atoms with Gasteiger partial charge in [-0.15, -0.1) is 0 Å². The molecule has 2 rings (SSSR count). The van der Waals surface area contributed by atoms with Crippen molar-refractivity contribution >= 4 is 5.69 Å². The van der Waals surface area contributed by atoms with E-state index >= 15 is 0 Å². The Morgan fingerprint density at radius 3 is 2.68 bits per heavy atom. The molecule has 1 aliphatic rings. The molecular formula is C15H23NO3. The van der Waals surface area contributed by atoms with E-state index in [9.17, 15) is 5.11 Å². The van der Waals surface area contributed by atoms with Crippen molar-refractivity contribution in [2.24, 2.45) is 0 Å². The monoisotopic (exact) mass is 265 g/mol. The van der Waals surface area contributed by atoms with Crippen LogP contribution in [-0.2, 0) is 0 Å². The highest BCUT2D eigenvalue weighted by Crippen LogP contribution is 2.41. The van der Waals surface area contributed by atoms with Gasteiger partial charge >= 0.3 is 0 Å². The first-order valence-corrected chi connectivity index (χ1v) is 7.02. The number of anilines is 1. The molecule has 1 aromatic rings. The van der Waals surface area contributed by atoms with Crippen LogP contribution in [-0.4, -0.2) is 35.5 Å². The number of hydrogen-bond donors (Lipinski definition) is 2. The van der Waals surface area contributed by atoms with Crippen LogP contribution in [0.3, 0.4) is 0 Å². The van der Waals surface area contributed by atoms with Crippen LogP contribution in [0.5, 0.6) is 11.5 Å². The van der Waals surface area contributed by atoms with E-state index in [1.165, 1.54) is 0 Å². The summed E-state index contributed by atoms with van der Waals surface area (Å²) in [7, 11) is 0. The fourth-order valence-electron chi connectivity index (χ4n) is 2.62. The average Bonchev–Trinajstić information content (AvgIpc) is 2.44. The average molecular weight is 265 g/mol. The number of fused-ring (bicyclic) bond motifs is 1. The van der Waals surface area contributed by atoms with Crippen LogP contribution in [0.25, 0.3) is 0 Å². The van der Waals surface area contributed by atoms with Crippen LogP contribution >= 0.6 is 0 Å². The molecule has 0 amide bonds. The van der Waals surface area contributed by atoms with Crippen LogP contribution in [0.2, 0.25) is 0 Å². The predicted octanol–water partition coefficient (Wildman–Crippen LogP) is 2.53. The topological polar surface area (TPSA) is 52.9 Å². The van der Waals surface area contributed by atoms with Crippen LogP contribution < -0.4 is 9.64 Å². The van der Waals surface area contributed by atoms with Gasteiger partial charge < -0.3 is 19.8 Å². The van der Waals surface area contributed by atoms with Gasteiger partial charge in [0.05, 0.1) is 12.2 Å². The van der Waals surface area contributed by atoms with E-state index in [-0.39, 0.29) is 18.0 Å². The molecule has 1 heterocycles. The number of rotatable bonds is 5. The minimum absolute atomic E-state index is 0.167. The molecule has 4 nitrogen and oxygen atoms in total. The number of aliphatic hydroxyl groups excluding tert-OH is 1. The van der Waals surface area contributed by atoms with E-state index in [4.69, 9.17) is 9.84 Å². The normalized spacial score (nSPS) is 16.9. The lowest BCUT2D eigenvalue weighted by Crippen LogP contribution is -2.50. The maximum Gasteiger partial charge on any atom is 0.143 e. The summed E-state index contributed by atoms with van der Waals surface area (Å²) in [6.07, 6.45) is 2.61. The lowest BCUT2D eigenvalue weighted by atomic mass is 9.93. The van der Waals surface area contributed by atoms with E-state index in [0.717, 1.165) is 43.8 Å². The van der Waals surface area contributed by atoms with Gasteiger partial charge in [-0.25, -0.2) is 0 Å². The van der Waals surface area contributed by atoms with Gasteiger partial charge in [0.1, 0.15) is 17.1 Å². The van der Waals surface area contributed by atoms with Crippen molar-refractivity contribution in [2.45, 2.75) is 38.7 Å². The molecule has 0 bridgehead atoms. The van der Waals surface area contributed by atoms with Gasteiger partial charge in [0.15, 0.2) is 0 Å². The SMILES string of the molecule is CCC1(CC)CN(CCCO)c2cc(O)ccc2O1. The Hall–Kier alpha value is -1.42. The predicted molar refractivity (Wildman–Crippen MR) is 76.0 cm³/mol. The van der Waals surface area contributed by atoms with Crippen molar-refractivity contribution < 1.29 is 14.9 Å². The van der Waals surface area contributed by atoms with Crippen molar-refractivity contribution in [3.05, 3.63) is 18.2 Å². The maximum atomic E-state index is 9.64. The molecule has 0 radical (unpaired) electrons. The van der Waals surface area contributed by atoms with Gasteiger partial charge in [0, 0.05) is 19.2 Å².